The fourth-order valence-corrected chi connectivity index (χ4v) is 2.71. The van der Waals surface area contributed by atoms with Crippen molar-refractivity contribution in [3.63, 3.8) is 0 Å². The van der Waals surface area contributed by atoms with Gasteiger partial charge in [-0.15, -0.1) is 0 Å². The zero-order chi connectivity index (χ0) is 11.9. The SMILES string of the molecule is NCC1CCCC1COCCc1ccccc1. The van der Waals surface area contributed by atoms with Crippen molar-refractivity contribution in [1.29, 1.82) is 0 Å². The van der Waals surface area contributed by atoms with E-state index < -0.39 is 0 Å². The Kier molecular flexibility index (Phi) is 5.02. The molecule has 0 aromatic heterocycles. The van der Waals surface area contributed by atoms with Gasteiger partial charge in [-0.05, 0) is 43.2 Å². The third kappa shape index (κ3) is 3.83. The fraction of sp³-hybridized carbons (Fsp3) is 0.600. The molecule has 2 rings (SSSR count). The lowest BCUT2D eigenvalue weighted by atomic mass is 9.97. The van der Waals surface area contributed by atoms with Crippen molar-refractivity contribution in [2.75, 3.05) is 19.8 Å². The molecule has 94 valence electrons. The molecule has 2 nitrogen and oxygen atoms in total. The van der Waals surface area contributed by atoms with Gasteiger partial charge in [-0.1, -0.05) is 36.8 Å². The van der Waals surface area contributed by atoms with Crippen molar-refractivity contribution in [3.8, 4) is 0 Å². The molecule has 2 atom stereocenters. The number of hydrogen-bond acceptors (Lipinski definition) is 2. The van der Waals surface area contributed by atoms with Crippen LogP contribution in [0.15, 0.2) is 30.3 Å². The standard InChI is InChI=1S/C15H23NO/c16-11-14-7-4-8-15(14)12-17-10-9-13-5-2-1-3-6-13/h1-3,5-6,14-15H,4,7-12,16H2. The Morgan fingerprint density at radius 3 is 2.65 bits per heavy atom. The molecule has 0 radical (unpaired) electrons. The van der Waals surface area contributed by atoms with E-state index in [4.69, 9.17) is 10.5 Å². The summed E-state index contributed by atoms with van der Waals surface area (Å²) in [5.41, 5.74) is 7.12. The van der Waals surface area contributed by atoms with Crippen molar-refractivity contribution in [1.82, 2.24) is 0 Å². The lowest BCUT2D eigenvalue weighted by Gasteiger charge is -2.17. The molecule has 0 aliphatic heterocycles. The Hall–Kier alpha value is -0.860. The van der Waals surface area contributed by atoms with Crippen LogP contribution < -0.4 is 5.73 Å². The molecule has 0 heterocycles. The van der Waals surface area contributed by atoms with Crippen LogP contribution in [-0.2, 0) is 11.2 Å². The third-order valence-electron chi connectivity index (χ3n) is 3.83. The molecule has 1 fully saturated rings. The highest BCUT2D eigenvalue weighted by Gasteiger charge is 2.25. The Bertz CT molecular complexity index is 312. The van der Waals surface area contributed by atoms with E-state index in [-0.39, 0.29) is 0 Å². The maximum Gasteiger partial charge on any atom is 0.0506 e. The maximum atomic E-state index is 5.80. The van der Waals surface area contributed by atoms with Gasteiger partial charge in [-0.2, -0.15) is 0 Å². The predicted molar refractivity (Wildman–Crippen MR) is 70.9 cm³/mol. The van der Waals surface area contributed by atoms with Gasteiger partial charge in [0.25, 0.3) is 0 Å². The van der Waals surface area contributed by atoms with E-state index in [1.807, 2.05) is 0 Å². The Morgan fingerprint density at radius 1 is 1.12 bits per heavy atom. The summed E-state index contributed by atoms with van der Waals surface area (Å²) in [6, 6.07) is 10.5. The number of rotatable bonds is 6. The smallest absolute Gasteiger partial charge is 0.0506 e. The van der Waals surface area contributed by atoms with E-state index in [0.717, 1.165) is 26.2 Å². The second kappa shape index (κ2) is 6.77. The van der Waals surface area contributed by atoms with Crippen LogP contribution >= 0.6 is 0 Å². The Morgan fingerprint density at radius 2 is 1.88 bits per heavy atom. The summed E-state index contributed by atoms with van der Waals surface area (Å²) in [6.45, 7) is 2.55. The van der Waals surface area contributed by atoms with E-state index in [2.05, 4.69) is 30.3 Å². The highest BCUT2D eigenvalue weighted by atomic mass is 16.5. The zero-order valence-corrected chi connectivity index (χ0v) is 10.5. The molecule has 1 aliphatic rings. The van der Waals surface area contributed by atoms with Crippen LogP contribution in [0.25, 0.3) is 0 Å². The van der Waals surface area contributed by atoms with Gasteiger partial charge in [-0.3, -0.25) is 0 Å². The van der Waals surface area contributed by atoms with Crippen molar-refractivity contribution in [2.24, 2.45) is 17.6 Å². The Balaban J connectivity index is 1.63. The molecule has 2 heteroatoms. The first-order valence-electron chi connectivity index (χ1n) is 6.72. The van der Waals surface area contributed by atoms with Crippen LogP contribution in [0.1, 0.15) is 24.8 Å². The largest absolute Gasteiger partial charge is 0.381 e. The van der Waals surface area contributed by atoms with Crippen molar-refractivity contribution < 1.29 is 4.74 Å². The van der Waals surface area contributed by atoms with Crippen molar-refractivity contribution in [3.05, 3.63) is 35.9 Å². The van der Waals surface area contributed by atoms with E-state index in [1.54, 1.807) is 0 Å². The van der Waals surface area contributed by atoms with Crippen molar-refractivity contribution in [2.45, 2.75) is 25.7 Å². The summed E-state index contributed by atoms with van der Waals surface area (Å²) in [4.78, 5) is 0. The molecule has 1 aliphatic carbocycles. The van der Waals surface area contributed by atoms with Crippen LogP contribution in [-0.4, -0.2) is 19.8 Å². The molecule has 1 aromatic rings. The summed E-state index contributed by atoms with van der Waals surface area (Å²) in [5, 5.41) is 0. The van der Waals surface area contributed by atoms with Gasteiger partial charge in [0.15, 0.2) is 0 Å². The van der Waals surface area contributed by atoms with E-state index >= 15 is 0 Å². The molecule has 0 bridgehead atoms. The minimum atomic E-state index is 0.701. The van der Waals surface area contributed by atoms with Crippen LogP contribution in [0, 0.1) is 11.8 Å². The van der Waals surface area contributed by atoms with Gasteiger partial charge in [0.1, 0.15) is 0 Å². The normalized spacial score (nSPS) is 24.1. The number of benzene rings is 1. The highest BCUT2D eigenvalue weighted by molar-refractivity contribution is 5.14. The molecular formula is C15H23NO. The molecule has 0 saturated heterocycles. The van der Waals surface area contributed by atoms with Crippen LogP contribution in [0.2, 0.25) is 0 Å². The van der Waals surface area contributed by atoms with E-state index in [9.17, 15) is 0 Å². The summed E-state index contributed by atoms with van der Waals surface area (Å²) in [7, 11) is 0. The van der Waals surface area contributed by atoms with Crippen molar-refractivity contribution >= 4 is 0 Å². The molecule has 0 spiro atoms. The fourth-order valence-electron chi connectivity index (χ4n) is 2.71. The molecule has 1 saturated carbocycles. The Labute approximate surface area is 104 Å². The van der Waals surface area contributed by atoms with Gasteiger partial charge >= 0.3 is 0 Å². The molecular weight excluding hydrogens is 210 g/mol. The van der Waals surface area contributed by atoms with Gasteiger partial charge in [0.2, 0.25) is 0 Å². The maximum absolute atomic E-state index is 5.80. The van der Waals surface area contributed by atoms with Gasteiger partial charge in [0, 0.05) is 6.61 Å². The second-order valence-corrected chi connectivity index (χ2v) is 5.00. The first-order chi connectivity index (χ1) is 8.40. The second-order valence-electron chi connectivity index (χ2n) is 5.00. The lowest BCUT2D eigenvalue weighted by Crippen LogP contribution is -2.22. The topological polar surface area (TPSA) is 35.2 Å². The molecule has 0 amide bonds. The summed E-state index contributed by atoms with van der Waals surface area (Å²) in [6.07, 6.45) is 4.94. The van der Waals surface area contributed by atoms with Crippen LogP contribution in [0.5, 0.6) is 0 Å². The average molecular weight is 233 g/mol. The quantitative estimate of drug-likeness (QED) is 0.767. The molecule has 1 aromatic carbocycles. The summed E-state index contributed by atoms with van der Waals surface area (Å²) >= 11 is 0. The highest BCUT2D eigenvalue weighted by Crippen LogP contribution is 2.30. The van der Waals surface area contributed by atoms with E-state index in [1.165, 1.54) is 24.8 Å². The van der Waals surface area contributed by atoms with Gasteiger partial charge < -0.3 is 10.5 Å². The first-order valence-corrected chi connectivity index (χ1v) is 6.72. The predicted octanol–water partition coefficient (Wildman–Crippen LogP) is 2.62. The number of hydrogen-bond donors (Lipinski definition) is 1. The molecule has 2 unspecified atom stereocenters. The molecule has 2 N–H and O–H groups in total. The lowest BCUT2D eigenvalue weighted by molar-refractivity contribution is 0.0892. The van der Waals surface area contributed by atoms with Gasteiger partial charge in [0.05, 0.1) is 6.61 Å². The number of nitrogens with two attached hydrogens (primary N) is 1. The number of ether oxygens (including phenoxy) is 1. The minimum absolute atomic E-state index is 0.701. The monoisotopic (exact) mass is 233 g/mol. The van der Waals surface area contributed by atoms with Gasteiger partial charge in [-0.25, -0.2) is 0 Å². The summed E-state index contributed by atoms with van der Waals surface area (Å²) < 4.78 is 5.80. The van der Waals surface area contributed by atoms with Crippen LogP contribution in [0.4, 0.5) is 0 Å². The average Bonchev–Trinajstić information content (AvgIpc) is 2.83. The zero-order valence-electron chi connectivity index (χ0n) is 10.5. The van der Waals surface area contributed by atoms with E-state index in [0.29, 0.717) is 11.8 Å². The minimum Gasteiger partial charge on any atom is -0.381 e. The third-order valence-corrected chi connectivity index (χ3v) is 3.83. The summed E-state index contributed by atoms with van der Waals surface area (Å²) in [5.74, 6) is 1.41. The first kappa shape index (κ1) is 12.6. The van der Waals surface area contributed by atoms with Crippen LogP contribution in [0.3, 0.4) is 0 Å². The molecule has 17 heavy (non-hydrogen) atoms.